The van der Waals surface area contributed by atoms with Crippen molar-refractivity contribution in [2.45, 2.75) is 24.3 Å². The zero-order chi connectivity index (χ0) is 21.8. The van der Waals surface area contributed by atoms with Gasteiger partial charge in [-0.25, -0.2) is 8.42 Å². The van der Waals surface area contributed by atoms with Gasteiger partial charge in [-0.05, 0) is 31.0 Å². The van der Waals surface area contributed by atoms with Gasteiger partial charge in [-0.3, -0.25) is 4.79 Å². The first-order valence-corrected chi connectivity index (χ1v) is 11.1. The maximum Gasteiger partial charge on any atom is 0.244 e. The lowest BCUT2D eigenvalue weighted by Crippen LogP contribution is -2.45. The largest absolute Gasteiger partial charge is 0.486 e. The number of aromatic nitrogens is 1. The fourth-order valence-corrected chi connectivity index (χ4v) is 4.33. The number of nitrogens with zero attached hydrogens (tertiary/aromatic N) is 1. The smallest absolute Gasteiger partial charge is 0.244 e. The second-order valence-corrected chi connectivity index (χ2v) is 8.70. The fourth-order valence-electron chi connectivity index (χ4n) is 3.12. The molecule has 0 saturated carbocycles. The molecule has 0 radical (unpaired) electrons. The molecule has 1 aromatic heterocycles. The predicted molar refractivity (Wildman–Crippen MR) is 112 cm³/mol. The van der Waals surface area contributed by atoms with E-state index in [1.54, 1.807) is 13.0 Å². The molecule has 10 heteroatoms. The Kier molecular flexibility index (Phi) is 5.92. The molecule has 0 fully saturated rings. The molecule has 1 amide bonds. The van der Waals surface area contributed by atoms with Crippen LogP contribution in [-0.2, 0) is 21.2 Å². The SMILES string of the molecule is Cc1cc(NC(=O)[C@H](Cc2ccccc2)NS(=O)(=O)c2ccc3c(c2)OCCO3)no1. The van der Waals surface area contributed by atoms with Crippen molar-refractivity contribution in [3.05, 3.63) is 65.9 Å². The van der Waals surface area contributed by atoms with Crippen LogP contribution in [0, 0.1) is 6.92 Å². The van der Waals surface area contributed by atoms with Crippen LogP contribution in [0.15, 0.2) is 64.0 Å². The normalized spacial score (nSPS) is 14.1. The third-order valence-corrected chi connectivity index (χ3v) is 6.07. The highest BCUT2D eigenvalue weighted by Crippen LogP contribution is 2.32. The van der Waals surface area contributed by atoms with Crippen molar-refractivity contribution in [2.24, 2.45) is 0 Å². The molecule has 0 saturated heterocycles. The maximum absolute atomic E-state index is 13.1. The first kappa shape index (κ1) is 20.9. The Hall–Kier alpha value is -3.37. The standard InChI is InChI=1S/C21H21N3O6S/c1-14-11-20(23-30-14)22-21(25)17(12-15-5-3-2-4-6-15)24-31(26,27)16-7-8-18-19(13-16)29-10-9-28-18/h2-8,11,13,17,24H,9-10,12H2,1H3,(H,22,23,25)/t17-/m0/s1. The van der Waals surface area contributed by atoms with Crippen LogP contribution >= 0.6 is 0 Å². The molecule has 2 aromatic carbocycles. The fraction of sp³-hybridized carbons (Fsp3) is 0.238. The van der Waals surface area contributed by atoms with Crippen LogP contribution in [0.2, 0.25) is 0 Å². The lowest BCUT2D eigenvalue weighted by molar-refractivity contribution is -0.117. The van der Waals surface area contributed by atoms with Crippen LogP contribution in [0.4, 0.5) is 5.82 Å². The highest BCUT2D eigenvalue weighted by Gasteiger charge is 2.28. The number of hydrogen-bond acceptors (Lipinski definition) is 7. The van der Waals surface area contributed by atoms with Gasteiger partial charge >= 0.3 is 0 Å². The van der Waals surface area contributed by atoms with Gasteiger partial charge in [0.15, 0.2) is 17.3 Å². The number of rotatable bonds is 7. The van der Waals surface area contributed by atoms with Crippen molar-refractivity contribution in [2.75, 3.05) is 18.5 Å². The van der Waals surface area contributed by atoms with Crippen LogP contribution < -0.4 is 19.5 Å². The molecule has 2 N–H and O–H groups in total. The molecule has 9 nitrogen and oxygen atoms in total. The molecule has 4 rings (SSSR count). The Morgan fingerprint density at radius 3 is 2.52 bits per heavy atom. The van der Waals surface area contributed by atoms with Gasteiger partial charge in [-0.2, -0.15) is 4.72 Å². The number of hydrogen-bond donors (Lipinski definition) is 2. The molecular weight excluding hydrogens is 422 g/mol. The molecule has 162 valence electrons. The number of anilines is 1. The quantitative estimate of drug-likeness (QED) is 0.575. The predicted octanol–water partition coefficient (Wildman–Crippen LogP) is 2.28. The van der Waals surface area contributed by atoms with E-state index < -0.39 is 22.0 Å². The minimum absolute atomic E-state index is 0.0279. The second-order valence-electron chi connectivity index (χ2n) is 6.98. The summed E-state index contributed by atoms with van der Waals surface area (Å²) in [5, 5.41) is 6.33. The summed E-state index contributed by atoms with van der Waals surface area (Å²) in [4.78, 5) is 12.9. The van der Waals surface area contributed by atoms with Crippen LogP contribution in [0.1, 0.15) is 11.3 Å². The summed E-state index contributed by atoms with van der Waals surface area (Å²) in [5.74, 6) is 0.991. The number of amides is 1. The molecule has 31 heavy (non-hydrogen) atoms. The van der Waals surface area contributed by atoms with Crippen molar-refractivity contribution < 1.29 is 27.2 Å². The summed E-state index contributed by atoms with van der Waals surface area (Å²) in [6.07, 6.45) is 0.146. The number of aryl methyl sites for hydroxylation is 1. The first-order valence-electron chi connectivity index (χ1n) is 9.61. The van der Waals surface area contributed by atoms with E-state index in [4.69, 9.17) is 14.0 Å². The Labute approximate surface area is 179 Å². The van der Waals surface area contributed by atoms with Crippen LogP contribution in [0.5, 0.6) is 11.5 Å². The summed E-state index contributed by atoms with van der Waals surface area (Å²) in [5.41, 5.74) is 0.795. The summed E-state index contributed by atoms with van der Waals surface area (Å²) in [6, 6.07) is 13.9. The van der Waals surface area contributed by atoms with E-state index in [0.29, 0.717) is 30.5 Å². The van der Waals surface area contributed by atoms with Gasteiger partial charge in [0, 0.05) is 12.1 Å². The third-order valence-electron chi connectivity index (χ3n) is 4.60. The average molecular weight is 443 g/mol. The van der Waals surface area contributed by atoms with Gasteiger partial charge < -0.3 is 19.3 Å². The van der Waals surface area contributed by atoms with Crippen molar-refractivity contribution in [1.29, 1.82) is 0 Å². The van der Waals surface area contributed by atoms with Crippen molar-refractivity contribution in [1.82, 2.24) is 9.88 Å². The minimum Gasteiger partial charge on any atom is -0.486 e. The Morgan fingerprint density at radius 2 is 1.81 bits per heavy atom. The summed E-state index contributed by atoms with van der Waals surface area (Å²) in [7, 11) is -4.04. The van der Waals surface area contributed by atoms with E-state index in [2.05, 4.69) is 15.2 Å². The Morgan fingerprint density at radius 1 is 1.06 bits per heavy atom. The Bertz CT molecular complexity index is 1180. The van der Waals surface area contributed by atoms with Gasteiger partial charge in [0.25, 0.3) is 0 Å². The lowest BCUT2D eigenvalue weighted by Gasteiger charge is -2.21. The number of sulfonamides is 1. The molecule has 3 aromatic rings. The summed E-state index contributed by atoms with van der Waals surface area (Å²) < 4.78 is 44.5. The summed E-state index contributed by atoms with van der Waals surface area (Å²) in [6.45, 7) is 2.42. The van der Waals surface area contributed by atoms with Gasteiger partial charge in [-0.1, -0.05) is 35.5 Å². The minimum atomic E-state index is -4.04. The molecule has 0 aliphatic carbocycles. The molecule has 1 atom stereocenters. The number of carbonyl (C=O) groups is 1. The van der Waals surface area contributed by atoms with Crippen LogP contribution in [0.25, 0.3) is 0 Å². The van der Waals surface area contributed by atoms with E-state index in [0.717, 1.165) is 5.56 Å². The van der Waals surface area contributed by atoms with Crippen molar-refractivity contribution in [3.8, 4) is 11.5 Å². The van der Waals surface area contributed by atoms with Gasteiger partial charge in [0.2, 0.25) is 15.9 Å². The van der Waals surface area contributed by atoms with E-state index in [-0.39, 0.29) is 17.1 Å². The zero-order valence-corrected chi connectivity index (χ0v) is 17.5. The van der Waals surface area contributed by atoms with E-state index in [1.165, 1.54) is 18.2 Å². The topological polar surface area (TPSA) is 120 Å². The van der Waals surface area contributed by atoms with Gasteiger partial charge in [0.1, 0.15) is 25.0 Å². The highest BCUT2D eigenvalue weighted by atomic mass is 32.2. The average Bonchev–Trinajstić information content (AvgIpc) is 3.18. The first-order chi connectivity index (χ1) is 14.9. The molecule has 2 heterocycles. The van der Waals surface area contributed by atoms with Gasteiger partial charge in [-0.15, -0.1) is 0 Å². The summed E-state index contributed by atoms with van der Waals surface area (Å²) >= 11 is 0. The van der Waals surface area contributed by atoms with E-state index in [9.17, 15) is 13.2 Å². The molecule has 0 unspecified atom stereocenters. The van der Waals surface area contributed by atoms with Crippen LogP contribution in [-0.4, -0.2) is 38.7 Å². The number of fused-ring (bicyclic) bond motifs is 1. The van der Waals surface area contributed by atoms with Gasteiger partial charge in [0.05, 0.1) is 4.90 Å². The second kappa shape index (κ2) is 8.78. The number of ether oxygens (including phenoxy) is 2. The number of nitrogens with one attached hydrogen (secondary N) is 2. The molecule has 0 spiro atoms. The molecule has 1 aliphatic heterocycles. The molecule has 0 bridgehead atoms. The number of benzene rings is 2. The Balaban J connectivity index is 1.58. The van der Waals surface area contributed by atoms with E-state index >= 15 is 0 Å². The molecular formula is C21H21N3O6S. The highest BCUT2D eigenvalue weighted by molar-refractivity contribution is 7.89. The number of carbonyl (C=O) groups excluding carboxylic acids is 1. The maximum atomic E-state index is 13.1. The molecule has 1 aliphatic rings. The van der Waals surface area contributed by atoms with Crippen LogP contribution in [0.3, 0.4) is 0 Å². The van der Waals surface area contributed by atoms with Crippen molar-refractivity contribution in [3.63, 3.8) is 0 Å². The van der Waals surface area contributed by atoms with E-state index in [1.807, 2.05) is 30.3 Å². The van der Waals surface area contributed by atoms with Crippen molar-refractivity contribution >= 4 is 21.7 Å². The zero-order valence-electron chi connectivity index (χ0n) is 16.7. The monoisotopic (exact) mass is 443 g/mol. The third kappa shape index (κ3) is 5.04. The lowest BCUT2D eigenvalue weighted by atomic mass is 10.1.